The lowest BCUT2D eigenvalue weighted by Gasteiger charge is -2.25. The summed E-state index contributed by atoms with van der Waals surface area (Å²) in [6, 6.07) is 13.1. The van der Waals surface area contributed by atoms with Crippen molar-refractivity contribution in [2.75, 3.05) is 19.8 Å². The Morgan fingerprint density at radius 3 is 2.57 bits per heavy atom. The Balaban J connectivity index is 1.57. The van der Waals surface area contributed by atoms with E-state index in [1.807, 2.05) is 63.2 Å². The highest BCUT2D eigenvalue weighted by atomic mass is 16.6. The van der Waals surface area contributed by atoms with Crippen molar-refractivity contribution in [3.05, 3.63) is 65.2 Å². The van der Waals surface area contributed by atoms with Crippen LogP contribution in [0.3, 0.4) is 0 Å². The second-order valence-electron chi connectivity index (χ2n) is 7.49. The molecule has 1 N–H and O–H groups in total. The zero-order chi connectivity index (χ0) is 21.5. The average molecular weight is 409 g/mol. The average Bonchev–Trinajstić information content (AvgIpc) is 2.75. The van der Waals surface area contributed by atoms with Crippen LogP contribution in [0.25, 0.3) is 6.08 Å². The Hall–Kier alpha value is -3.28. The van der Waals surface area contributed by atoms with Crippen LogP contribution in [-0.4, -0.2) is 31.7 Å². The molecule has 0 bridgehead atoms. The van der Waals surface area contributed by atoms with E-state index in [2.05, 4.69) is 5.32 Å². The third-order valence-electron chi connectivity index (χ3n) is 4.84. The fraction of sp³-hybridized carbons (Fsp3) is 0.333. The number of amides is 1. The van der Waals surface area contributed by atoms with Crippen LogP contribution in [0.15, 0.2) is 48.5 Å². The molecule has 1 heterocycles. The first-order chi connectivity index (χ1) is 14.4. The maximum Gasteiger partial charge on any atom is 0.331 e. The van der Waals surface area contributed by atoms with Crippen molar-refractivity contribution in [2.24, 2.45) is 5.92 Å². The SMILES string of the molecule is Cc1ccccc1/C=C/C(=O)OCC(=O)N[C@@H](c1ccc2c(c1)OCCO2)C(C)C. The van der Waals surface area contributed by atoms with Crippen molar-refractivity contribution in [3.63, 3.8) is 0 Å². The van der Waals surface area contributed by atoms with E-state index >= 15 is 0 Å². The third kappa shape index (κ3) is 5.63. The first-order valence-corrected chi connectivity index (χ1v) is 10.0. The van der Waals surface area contributed by atoms with Crippen LogP contribution in [0.2, 0.25) is 0 Å². The molecule has 0 spiro atoms. The number of carbonyl (C=O) groups excluding carboxylic acids is 2. The smallest absolute Gasteiger partial charge is 0.331 e. The van der Waals surface area contributed by atoms with Crippen LogP contribution < -0.4 is 14.8 Å². The molecule has 1 amide bonds. The van der Waals surface area contributed by atoms with Crippen LogP contribution in [0.5, 0.6) is 11.5 Å². The van der Waals surface area contributed by atoms with Gasteiger partial charge in [-0.25, -0.2) is 4.79 Å². The van der Waals surface area contributed by atoms with E-state index in [4.69, 9.17) is 14.2 Å². The molecule has 0 saturated heterocycles. The Kier molecular flexibility index (Phi) is 7.12. The first-order valence-electron chi connectivity index (χ1n) is 10.0. The standard InChI is InChI=1S/C24H27NO5/c1-16(2)24(19-8-10-20-21(14-19)29-13-12-28-20)25-22(26)15-30-23(27)11-9-18-7-5-4-6-17(18)3/h4-11,14,16,24H,12-13,15H2,1-3H3,(H,25,26)/b11-9+/t24-/m1/s1. The summed E-state index contributed by atoms with van der Waals surface area (Å²) in [7, 11) is 0. The zero-order valence-corrected chi connectivity index (χ0v) is 17.5. The van der Waals surface area contributed by atoms with E-state index in [1.165, 1.54) is 6.08 Å². The van der Waals surface area contributed by atoms with E-state index in [0.717, 1.165) is 16.7 Å². The number of aryl methyl sites for hydroxylation is 1. The maximum absolute atomic E-state index is 12.4. The number of carbonyl (C=O) groups is 2. The topological polar surface area (TPSA) is 73.9 Å². The van der Waals surface area contributed by atoms with Gasteiger partial charge in [0.2, 0.25) is 0 Å². The Morgan fingerprint density at radius 1 is 1.10 bits per heavy atom. The van der Waals surface area contributed by atoms with Gasteiger partial charge in [-0.15, -0.1) is 0 Å². The van der Waals surface area contributed by atoms with Gasteiger partial charge in [0.25, 0.3) is 5.91 Å². The van der Waals surface area contributed by atoms with Crippen LogP contribution in [0.1, 0.15) is 36.6 Å². The Labute approximate surface area is 176 Å². The summed E-state index contributed by atoms with van der Waals surface area (Å²) in [6.45, 7) is 6.67. The fourth-order valence-electron chi connectivity index (χ4n) is 3.22. The number of rotatable bonds is 7. The molecule has 1 aliphatic rings. The highest BCUT2D eigenvalue weighted by Crippen LogP contribution is 2.34. The van der Waals surface area contributed by atoms with Gasteiger partial charge in [-0.3, -0.25) is 4.79 Å². The van der Waals surface area contributed by atoms with E-state index < -0.39 is 5.97 Å². The minimum absolute atomic E-state index is 0.133. The summed E-state index contributed by atoms with van der Waals surface area (Å²) in [5, 5.41) is 2.94. The Bertz CT molecular complexity index is 935. The van der Waals surface area contributed by atoms with Crippen molar-refractivity contribution >= 4 is 18.0 Å². The number of hydrogen-bond donors (Lipinski definition) is 1. The molecule has 0 fully saturated rings. The minimum atomic E-state index is -0.561. The van der Waals surface area contributed by atoms with Gasteiger partial charge in [-0.1, -0.05) is 44.2 Å². The largest absolute Gasteiger partial charge is 0.486 e. The monoisotopic (exact) mass is 409 g/mol. The lowest BCUT2D eigenvalue weighted by atomic mass is 9.95. The van der Waals surface area contributed by atoms with Crippen LogP contribution in [-0.2, 0) is 14.3 Å². The van der Waals surface area contributed by atoms with Crippen LogP contribution >= 0.6 is 0 Å². The summed E-state index contributed by atoms with van der Waals surface area (Å²) in [5.74, 6) is 0.586. The minimum Gasteiger partial charge on any atom is -0.486 e. The van der Waals surface area contributed by atoms with Gasteiger partial charge < -0.3 is 19.5 Å². The van der Waals surface area contributed by atoms with Crippen molar-refractivity contribution in [1.82, 2.24) is 5.32 Å². The highest BCUT2D eigenvalue weighted by molar-refractivity contribution is 5.89. The molecule has 6 nitrogen and oxygen atoms in total. The molecule has 30 heavy (non-hydrogen) atoms. The predicted molar refractivity (Wildman–Crippen MR) is 114 cm³/mol. The second kappa shape index (κ2) is 9.96. The summed E-state index contributed by atoms with van der Waals surface area (Å²) < 4.78 is 16.3. The maximum atomic E-state index is 12.4. The summed E-state index contributed by atoms with van der Waals surface area (Å²) >= 11 is 0. The van der Waals surface area contributed by atoms with E-state index in [-0.39, 0.29) is 24.5 Å². The molecule has 1 aliphatic heterocycles. The number of esters is 1. The van der Waals surface area contributed by atoms with Gasteiger partial charge in [-0.05, 0) is 47.7 Å². The predicted octanol–water partition coefficient (Wildman–Crippen LogP) is 3.84. The van der Waals surface area contributed by atoms with Gasteiger partial charge in [0, 0.05) is 6.08 Å². The number of benzene rings is 2. The van der Waals surface area contributed by atoms with E-state index in [1.54, 1.807) is 6.08 Å². The van der Waals surface area contributed by atoms with Gasteiger partial charge >= 0.3 is 5.97 Å². The molecule has 0 radical (unpaired) electrons. The molecule has 0 unspecified atom stereocenters. The summed E-state index contributed by atoms with van der Waals surface area (Å²) in [6.07, 6.45) is 3.01. The molecule has 6 heteroatoms. The molecule has 0 aromatic heterocycles. The summed E-state index contributed by atoms with van der Waals surface area (Å²) in [5.41, 5.74) is 2.89. The second-order valence-corrected chi connectivity index (χ2v) is 7.49. The van der Waals surface area contributed by atoms with E-state index in [0.29, 0.717) is 24.7 Å². The molecule has 0 saturated carbocycles. The van der Waals surface area contributed by atoms with Gasteiger partial charge in [-0.2, -0.15) is 0 Å². The Morgan fingerprint density at radius 2 is 1.83 bits per heavy atom. The van der Waals surface area contributed by atoms with Crippen molar-refractivity contribution in [1.29, 1.82) is 0 Å². The number of hydrogen-bond acceptors (Lipinski definition) is 5. The molecule has 0 aliphatic carbocycles. The molecule has 2 aromatic rings. The zero-order valence-electron chi connectivity index (χ0n) is 17.5. The van der Waals surface area contributed by atoms with Crippen LogP contribution in [0.4, 0.5) is 0 Å². The fourth-order valence-corrected chi connectivity index (χ4v) is 3.22. The molecule has 2 aromatic carbocycles. The molecule has 1 atom stereocenters. The highest BCUT2D eigenvalue weighted by Gasteiger charge is 2.21. The molecule has 158 valence electrons. The summed E-state index contributed by atoms with van der Waals surface area (Å²) in [4.78, 5) is 24.3. The lowest BCUT2D eigenvalue weighted by molar-refractivity contribution is -0.144. The van der Waals surface area contributed by atoms with E-state index in [9.17, 15) is 9.59 Å². The lowest BCUT2D eigenvalue weighted by Crippen LogP contribution is -2.35. The van der Waals surface area contributed by atoms with Crippen molar-refractivity contribution < 1.29 is 23.8 Å². The number of nitrogens with one attached hydrogen (secondary N) is 1. The number of ether oxygens (including phenoxy) is 3. The first kappa shape index (κ1) is 21.4. The van der Waals surface area contributed by atoms with Gasteiger partial charge in [0.1, 0.15) is 13.2 Å². The molecular weight excluding hydrogens is 382 g/mol. The van der Waals surface area contributed by atoms with Gasteiger partial charge in [0.15, 0.2) is 18.1 Å². The molecule has 3 rings (SSSR count). The number of fused-ring (bicyclic) bond motifs is 1. The third-order valence-corrected chi connectivity index (χ3v) is 4.84. The van der Waals surface area contributed by atoms with Crippen molar-refractivity contribution in [2.45, 2.75) is 26.8 Å². The van der Waals surface area contributed by atoms with Crippen LogP contribution in [0, 0.1) is 12.8 Å². The normalized spacial score (nSPS) is 13.9. The van der Waals surface area contributed by atoms with Crippen molar-refractivity contribution in [3.8, 4) is 11.5 Å². The molecular formula is C24H27NO5. The quantitative estimate of drug-likeness (QED) is 0.556. The van der Waals surface area contributed by atoms with Gasteiger partial charge in [0.05, 0.1) is 6.04 Å².